The van der Waals surface area contributed by atoms with Gasteiger partial charge in [-0.15, -0.1) is 0 Å². The number of aromatic carboxylic acids is 1. The molecule has 0 aliphatic rings. The van der Waals surface area contributed by atoms with Crippen LogP contribution < -0.4 is 11.2 Å². The van der Waals surface area contributed by atoms with Crippen molar-refractivity contribution in [1.29, 1.82) is 0 Å². The lowest BCUT2D eigenvalue weighted by molar-refractivity contribution is 0.0535. The number of halogens is 7. The Kier molecular flexibility index (Phi) is 23.4. The maximum atomic E-state index is 14.9. The summed E-state index contributed by atoms with van der Waals surface area (Å²) in [5.74, 6) is 0.109. The van der Waals surface area contributed by atoms with Gasteiger partial charge in [0.15, 0.2) is 29.1 Å². The van der Waals surface area contributed by atoms with Gasteiger partial charge in [-0.2, -0.15) is 15.3 Å². The molecule has 0 radical (unpaired) electrons. The number of hydrogen-bond donors (Lipinski definition) is 4. The third-order valence-corrected chi connectivity index (χ3v) is 16.0. The van der Waals surface area contributed by atoms with Gasteiger partial charge in [0.25, 0.3) is 0 Å². The van der Waals surface area contributed by atoms with Crippen LogP contribution in [0.2, 0.25) is 15.1 Å². The first-order valence-corrected chi connectivity index (χ1v) is 34.1. The molecule has 0 atom stereocenters. The van der Waals surface area contributed by atoms with Crippen LogP contribution in [-0.4, -0.2) is 126 Å². The number of ether oxygens (including phenoxy) is 2. The number of amidine groups is 1. The largest absolute Gasteiger partial charge is 0.478 e. The Hall–Kier alpha value is -11.5. The number of carboxylic acid groups (broad SMARTS) is 1. The topological polar surface area (TPSA) is 305 Å². The summed E-state index contributed by atoms with van der Waals surface area (Å²) < 4.78 is 66.9. The fourth-order valence-corrected chi connectivity index (χ4v) is 11.5. The van der Waals surface area contributed by atoms with Crippen molar-refractivity contribution < 1.29 is 43.5 Å². The predicted molar refractivity (Wildman–Crippen MR) is 407 cm³/mol. The second-order valence-electron chi connectivity index (χ2n) is 24.7. The first-order chi connectivity index (χ1) is 50.6. The number of nitrogens with one attached hydrogen (secondary N) is 2. The fourth-order valence-electron chi connectivity index (χ4n) is 10.7. The number of rotatable bonds is 10. The van der Waals surface area contributed by atoms with Crippen LogP contribution in [0.1, 0.15) is 58.8 Å². The average Bonchev–Trinajstić information content (AvgIpc) is 1.61. The number of fused-ring (bicyclic) bond motifs is 3. The highest BCUT2D eigenvalue weighted by atomic mass is 127. The zero-order chi connectivity index (χ0) is 76.3. The fraction of sp³-hybridized carbons (Fsp3) is 0.162. The summed E-state index contributed by atoms with van der Waals surface area (Å²) in [4.78, 5) is 74.0. The minimum atomic E-state index is -1.10. The van der Waals surface area contributed by atoms with Crippen molar-refractivity contribution >= 4 is 114 Å². The molecule has 5 N–H and O–H groups in total. The van der Waals surface area contributed by atoms with Crippen LogP contribution in [0.5, 0.6) is 0 Å². The van der Waals surface area contributed by atoms with E-state index in [0.717, 1.165) is 27.6 Å². The zero-order valence-electron chi connectivity index (χ0n) is 58.4. The molecular formula is C74H65Cl3F3IN18O6. The summed E-state index contributed by atoms with van der Waals surface area (Å²) >= 11 is 20.7. The highest BCUT2D eigenvalue weighted by molar-refractivity contribution is 14.1. The van der Waals surface area contributed by atoms with Crippen molar-refractivity contribution in [2.75, 3.05) is 12.0 Å². The van der Waals surface area contributed by atoms with Crippen molar-refractivity contribution in [1.82, 2.24) is 79.0 Å². The third kappa shape index (κ3) is 17.8. The van der Waals surface area contributed by atoms with Crippen molar-refractivity contribution in [3.05, 3.63) is 227 Å². The van der Waals surface area contributed by atoms with E-state index in [1.165, 1.54) is 88.8 Å². The number of aromatic amines is 1. The van der Waals surface area contributed by atoms with E-state index in [-0.39, 0.29) is 38.2 Å². The number of carbonyl (C=O) groups is 3. The van der Waals surface area contributed by atoms with Crippen LogP contribution in [-0.2, 0) is 23.6 Å². The Labute approximate surface area is 628 Å². The molecule has 24 nitrogen and oxygen atoms in total. The number of aromatic nitrogens is 15. The molecule has 8 aromatic heterocycles. The van der Waals surface area contributed by atoms with Gasteiger partial charge in [-0.25, -0.2) is 85.9 Å². The van der Waals surface area contributed by atoms with Crippen molar-refractivity contribution in [2.45, 2.75) is 52.7 Å². The normalized spacial score (nSPS) is 11.5. The molecule has 0 unspecified atom stereocenters. The molecule has 8 heterocycles. The quantitative estimate of drug-likeness (QED) is 0.0325. The van der Waals surface area contributed by atoms with Crippen LogP contribution in [0.15, 0.2) is 189 Å². The first-order valence-electron chi connectivity index (χ1n) is 32.2. The number of nitrogens with zero attached hydrogens (tertiary/aromatic N) is 15. The highest BCUT2D eigenvalue weighted by Crippen LogP contribution is 2.40. The minimum absolute atomic E-state index is 0.0399. The van der Waals surface area contributed by atoms with Crippen LogP contribution in [0, 0.1) is 17.5 Å². The van der Waals surface area contributed by atoms with E-state index in [1.54, 1.807) is 133 Å². The van der Waals surface area contributed by atoms with Gasteiger partial charge in [-0.3, -0.25) is 0 Å². The van der Waals surface area contributed by atoms with Gasteiger partial charge >= 0.3 is 18.2 Å². The van der Waals surface area contributed by atoms with Gasteiger partial charge in [0.2, 0.25) is 0 Å². The Morgan fingerprint density at radius 2 is 0.971 bits per heavy atom. The van der Waals surface area contributed by atoms with Crippen LogP contribution in [0.4, 0.5) is 22.8 Å². The molecule has 0 spiro atoms. The Balaban J connectivity index is 0.000000157. The smallest absolute Gasteiger partial charge is 0.419 e. The summed E-state index contributed by atoms with van der Waals surface area (Å²) in [6.45, 7) is 10.5. The number of carboxylic acids is 1. The molecule has 0 aliphatic carbocycles. The summed E-state index contributed by atoms with van der Waals surface area (Å²) in [5.41, 5.74) is 13.8. The van der Waals surface area contributed by atoms with E-state index >= 15 is 0 Å². The Bertz CT molecular complexity index is 5500. The molecule has 0 amide bonds. The molecule has 31 heteroatoms. The summed E-state index contributed by atoms with van der Waals surface area (Å²) in [6, 6.07) is 34.0. The molecule has 14 rings (SSSR count). The van der Waals surface area contributed by atoms with E-state index in [2.05, 4.69) is 65.6 Å². The van der Waals surface area contributed by atoms with E-state index in [0.29, 0.717) is 88.9 Å². The molecule has 0 fully saturated rings. The molecular weight excluding hydrogens is 1530 g/mol. The van der Waals surface area contributed by atoms with E-state index in [9.17, 15) is 32.7 Å². The van der Waals surface area contributed by atoms with Gasteiger partial charge in [0, 0.05) is 92.5 Å². The van der Waals surface area contributed by atoms with E-state index in [1.807, 2.05) is 66.0 Å². The molecule has 0 bridgehead atoms. The number of aryl methyl sites for hydroxylation is 2. The second-order valence-corrected chi connectivity index (χ2v) is 25.9. The molecule has 6 aromatic carbocycles. The van der Waals surface area contributed by atoms with Crippen molar-refractivity contribution in [3.63, 3.8) is 0 Å². The number of hydrazone groups is 1. The molecule has 105 heavy (non-hydrogen) atoms. The van der Waals surface area contributed by atoms with Crippen LogP contribution in [0.25, 0.3) is 112 Å². The molecule has 0 saturated heterocycles. The molecule has 14 aromatic rings. The summed E-state index contributed by atoms with van der Waals surface area (Å²) in [7, 11) is 5.30. The molecule has 0 saturated carbocycles. The third-order valence-electron chi connectivity index (χ3n) is 15.1. The Morgan fingerprint density at radius 3 is 1.40 bits per heavy atom. The van der Waals surface area contributed by atoms with Crippen molar-refractivity contribution in [2.24, 2.45) is 24.9 Å². The Morgan fingerprint density at radius 1 is 0.562 bits per heavy atom. The monoisotopic (exact) mass is 1590 g/mol. The minimum Gasteiger partial charge on any atom is -0.478 e. The standard InChI is InChI=1S/C26H22ClFN6O2.C21H14ClFN6.C20H17ClFNO4.C6H9N5.CH3I/c1-26(2,3)36-25(35)34-20-9-8-15(24-31-23(32-33(24)4)17-12-29-14-30-13-17)10-16(20)11-21(34)22-18(27)6-5-7-19(22)28;1-29-21(27-20(28-29)14-9-24-11-25-10-14)12-5-6-17-13(7-12)8-18(26-17)19-15(22)3-2-4-16(19)23;1-20(2,3)27-19(26)23-15-8-7-11(18(24)25)9-12(15)10-16(23)17-13(21)5-4-6-14(17)22;1-8-11-6(7)5-2-9-4-10-3-5;1-2/h5-14H,1-4H3;2-11,26H,1H3;4-10H,1-3H3,(H,24,25);2-4,8H,1H3,(H2,7,11);1H3/i;;;;1D. The SMILES string of the molecule is CC(C)(C)OC(=O)n1c(-c2c(F)cccc2Cl)cc2cc(C(=O)O)ccc21.CNN=C(N)c1cncnc1.Cn1nc(-c2cncnc2)nc1-c1ccc2[nH]c(-c3c(F)cccc3Cl)cc2c1.Cn1nc(-c2cncnc2)nc1-c1ccc2c(c1)cc(-c1c(F)cccc1Cl)n2C(=O)OC(C)(C)C.[2H]CI. The number of H-pyrrole nitrogens is 1. The number of hydrogen-bond acceptors (Lipinski definition) is 17. The maximum absolute atomic E-state index is 14.9. The van der Waals surface area contributed by atoms with E-state index < -0.39 is 41.0 Å². The first kappa shape index (κ1) is 74.7. The lowest BCUT2D eigenvalue weighted by atomic mass is 10.1. The number of alkyl halides is 1. The predicted octanol–water partition coefficient (Wildman–Crippen LogP) is 17.0. The number of carbonyl (C=O) groups excluding carboxylic acids is 2. The van der Waals surface area contributed by atoms with Crippen LogP contribution >= 0.6 is 57.4 Å². The van der Waals surface area contributed by atoms with Gasteiger partial charge in [-0.1, -0.05) is 75.6 Å². The van der Waals surface area contributed by atoms with Gasteiger partial charge in [0.05, 0.1) is 82.1 Å². The van der Waals surface area contributed by atoms with Crippen LogP contribution in [0.3, 0.4) is 0 Å². The highest BCUT2D eigenvalue weighted by Gasteiger charge is 2.29. The zero-order valence-corrected chi connectivity index (χ0v) is 61.9. The lowest BCUT2D eigenvalue weighted by Gasteiger charge is -2.21. The summed E-state index contributed by atoms with van der Waals surface area (Å²) in [5, 5.41) is 24.6. The lowest BCUT2D eigenvalue weighted by Crippen LogP contribution is -2.27. The second kappa shape index (κ2) is 32.9. The number of nitrogens with two attached hydrogens (primary N) is 1. The van der Waals surface area contributed by atoms with Crippen molar-refractivity contribution in [3.8, 4) is 79.3 Å². The van der Waals surface area contributed by atoms with Gasteiger partial charge in [-0.05, 0) is 156 Å². The molecule has 536 valence electrons. The van der Waals surface area contributed by atoms with Gasteiger partial charge < -0.3 is 30.7 Å². The maximum Gasteiger partial charge on any atom is 0.419 e. The molecule has 0 aliphatic heterocycles. The number of benzene rings is 6. The summed E-state index contributed by atoms with van der Waals surface area (Å²) in [6.07, 6.45) is 12.8. The van der Waals surface area contributed by atoms with Gasteiger partial charge in [0.1, 0.15) is 47.6 Å². The van der Waals surface area contributed by atoms with E-state index in [4.69, 9.17) is 51.4 Å². The average molecular weight is 1590 g/mol.